The normalized spacial score (nSPS) is 19.6. The van der Waals surface area contributed by atoms with Crippen molar-refractivity contribution < 1.29 is 9.90 Å². The minimum Gasteiger partial charge on any atom is -0.480 e. The molecule has 0 amide bonds. The van der Waals surface area contributed by atoms with Gasteiger partial charge in [0.05, 0.1) is 0 Å². The number of hydrogen-bond acceptors (Lipinski definition) is 3. The predicted molar refractivity (Wildman–Crippen MR) is 70.5 cm³/mol. The Hall–Kier alpha value is -1.39. The molecule has 0 saturated carbocycles. The number of nitrogens with two attached hydrogens (primary N) is 1. The van der Waals surface area contributed by atoms with Crippen LogP contribution in [0.1, 0.15) is 24.3 Å². The van der Waals surface area contributed by atoms with Crippen molar-refractivity contribution in [1.82, 2.24) is 4.90 Å². The Labute approximate surface area is 107 Å². The van der Waals surface area contributed by atoms with Gasteiger partial charge in [-0.1, -0.05) is 30.3 Å². The van der Waals surface area contributed by atoms with E-state index in [-0.39, 0.29) is 0 Å². The number of rotatable bonds is 4. The summed E-state index contributed by atoms with van der Waals surface area (Å²) in [5.41, 5.74) is 6.94. The molecule has 1 aromatic rings. The van der Waals surface area contributed by atoms with Gasteiger partial charge in [0.2, 0.25) is 0 Å². The zero-order valence-electron chi connectivity index (χ0n) is 10.5. The van der Waals surface area contributed by atoms with Crippen LogP contribution in [0.4, 0.5) is 0 Å². The van der Waals surface area contributed by atoms with Crippen LogP contribution in [0.2, 0.25) is 0 Å². The van der Waals surface area contributed by atoms with E-state index in [4.69, 9.17) is 10.8 Å². The molecule has 98 valence electrons. The van der Waals surface area contributed by atoms with Gasteiger partial charge in [0, 0.05) is 6.54 Å². The van der Waals surface area contributed by atoms with Gasteiger partial charge in [-0.25, -0.2) is 0 Å². The summed E-state index contributed by atoms with van der Waals surface area (Å²) in [6, 6.07) is 9.75. The van der Waals surface area contributed by atoms with Crippen LogP contribution >= 0.6 is 0 Å². The molecule has 18 heavy (non-hydrogen) atoms. The first-order valence-corrected chi connectivity index (χ1v) is 6.42. The van der Waals surface area contributed by atoms with E-state index in [1.807, 2.05) is 6.07 Å². The number of carboxylic acid groups (broad SMARTS) is 1. The third kappa shape index (κ3) is 3.31. The Morgan fingerprint density at radius 2 is 1.94 bits per heavy atom. The van der Waals surface area contributed by atoms with E-state index in [1.54, 1.807) is 0 Å². The molecule has 1 fully saturated rings. The van der Waals surface area contributed by atoms with Crippen molar-refractivity contribution in [2.75, 3.05) is 19.6 Å². The summed E-state index contributed by atoms with van der Waals surface area (Å²) in [5, 5.41) is 8.79. The molecule has 4 heteroatoms. The van der Waals surface area contributed by atoms with Gasteiger partial charge in [0.1, 0.15) is 6.04 Å². The Kier molecular flexibility index (Phi) is 4.33. The fourth-order valence-electron chi connectivity index (χ4n) is 2.53. The van der Waals surface area contributed by atoms with Crippen molar-refractivity contribution >= 4 is 5.97 Å². The van der Waals surface area contributed by atoms with Gasteiger partial charge in [-0.15, -0.1) is 0 Å². The molecule has 1 heterocycles. The molecule has 1 aliphatic rings. The maximum Gasteiger partial charge on any atom is 0.321 e. The van der Waals surface area contributed by atoms with E-state index in [0.29, 0.717) is 12.5 Å². The van der Waals surface area contributed by atoms with Gasteiger partial charge in [-0.05, 0) is 37.4 Å². The standard InChI is InChI=1S/C14H20N2O2/c15-13(14(17)18)10-16-8-6-12(7-9-16)11-4-2-1-3-5-11/h1-5,12-13H,6-10,15H2,(H,17,18)/t13-/m1/s1. The Morgan fingerprint density at radius 3 is 2.50 bits per heavy atom. The van der Waals surface area contributed by atoms with Crippen molar-refractivity contribution in [3.63, 3.8) is 0 Å². The lowest BCUT2D eigenvalue weighted by molar-refractivity contribution is -0.139. The number of likely N-dealkylation sites (tertiary alicyclic amines) is 1. The molecule has 1 aliphatic heterocycles. The van der Waals surface area contributed by atoms with E-state index < -0.39 is 12.0 Å². The Bertz CT molecular complexity index is 386. The van der Waals surface area contributed by atoms with Crippen molar-refractivity contribution in [2.24, 2.45) is 5.73 Å². The lowest BCUT2D eigenvalue weighted by Gasteiger charge is -2.32. The first-order chi connectivity index (χ1) is 8.66. The molecule has 1 atom stereocenters. The fourth-order valence-corrected chi connectivity index (χ4v) is 2.53. The van der Waals surface area contributed by atoms with Gasteiger partial charge < -0.3 is 15.7 Å². The Morgan fingerprint density at radius 1 is 1.33 bits per heavy atom. The summed E-state index contributed by atoms with van der Waals surface area (Å²) in [6.07, 6.45) is 2.16. The summed E-state index contributed by atoms with van der Waals surface area (Å²) in [5.74, 6) is -0.316. The largest absolute Gasteiger partial charge is 0.480 e. The van der Waals surface area contributed by atoms with E-state index in [2.05, 4.69) is 29.2 Å². The summed E-state index contributed by atoms with van der Waals surface area (Å²) >= 11 is 0. The number of nitrogens with zero attached hydrogens (tertiary/aromatic N) is 1. The molecule has 2 rings (SSSR count). The highest BCUT2D eigenvalue weighted by molar-refractivity contribution is 5.73. The molecule has 1 aromatic carbocycles. The van der Waals surface area contributed by atoms with E-state index in [0.717, 1.165) is 25.9 Å². The van der Waals surface area contributed by atoms with Gasteiger partial charge in [-0.2, -0.15) is 0 Å². The van der Waals surface area contributed by atoms with Gasteiger partial charge >= 0.3 is 5.97 Å². The molecule has 3 N–H and O–H groups in total. The summed E-state index contributed by atoms with van der Waals surface area (Å²) < 4.78 is 0. The third-order valence-electron chi connectivity index (χ3n) is 3.63. The van der Waals surface area contributed by atoms with Gasteiger partial charge in [0.15, 0.2) is 0 Å². The molecule has 0 radical (unpaired) electrons. The number of aliphatic carboxylic acids is 1. The van der Waals surface area contributed by atoms with Crippen LogP contribution in [0.15, 0.2) is 30.3 Å². The second-order valence-electron chi connectivity index (χ2n) is 4.93. The highest BCUT2D eigenvalue weighted by Gasteiger charge is 2.23. The summed E-state index contributed by atoms with van der Waals surface area (Å²) in [7, 11) is 0. The minimum absolute atomic E-state index is 0.455. The van der Waals surface area contributed by atoms with Crippen molar-refractivity contribution in [3.05, 3.63) is 35.9 Å². The average Bonchev–Trinajstić information content (AvgIpc) is 2.40. The fraction of sp³-hybridized carbons (Fsp3) is 0.500. The topological polar surface area (TPSA) is 66.6 Å². The molecular weight excluding hydrogens is 228 g/mol. The molecule has 0 spiro atoms. The first kappa shape index (κ1) is 13.1. The molecular formula is C14H20N2O2. The Balaban J connectivity index is 1.83. The zero-order valence-corrected chi connectivity index (χ0v) is 10.5. The first-order valence-electron chi connectivity index (χ1n) is 6.42. The second kappa shape index (κ2) is 5.98. The molecule has 0 aliphatic carbocycles. The van der Waals surface area contributed by atoms with Crippen LogP contribution in [0.25, 0.3) is 0 Å². The highest BCUT2D eigenvalue weighted by Crippen LogP contribution is 2.27. The molecule has 1 saturated heterocycles. The van der Waals surface area contributed by atoms with Crippen LogP contribution in [0, 0.1) is 0 Å². The third-order valence-corrected chi connectivity index (χ3v) is 3.63. The minimum atomic E-state index is -0.916. The van der Waals surface area contributed by atoms with E-state index in [9.17, 15) is 4.79 Å². The van der Waals surface area contributed by atoms with Crippen LogP contribution in [-0.2, 0) is 4.79 Å². The van der Waals surface area contributed by atoms with Crippen LogP contribution in [-0.4, -0.2) is 41.7 Å². The summed E-state index contributed by atoms with van der Waals surface area (Å²) in [4.78, 5) is 12.9. The lowest BCUT2D eigenvalue weighted by atomic mass is 9.89. The van der Waals surface area contributed by atoms with Crippen LogP contribution in [0.3, 0.4) is 0 Å². The molecule has 0 unspecified atom stereocenters. The van der Waals surface area contributed by atoms with Gasteiger partial charge in [-0.3, -0.25) is 4.79 Å². The van der Waals surface area contributed by atoms with Crippen molar-refractivity contribution in [2.45, 2.75) is 24.8 Å². The predicted octanol–water partition coefficient (Wildman–Crippen LogP) is 1.28. The van der Waals surface area contributed by atoms with Gasteiger partial charge in [0.25, 0.3) is 0 Å². The monoisotopic (exact) mass is 248 g/mol. The number of benzene rings is 1. The number of hydrogen-bond donors (Lipinski definition) is 2. The quantitative estimate of drug-likeness (QED) is 0.842. The van der Waals surface area contributed by atoms with Crippen molar-refractivity contribution in [3.8, 4) is 0 Å². The molecule has 0 bridgehead atoms. The number of carboxylic acids is 1. The van der Waals surface area contributed by atoms with Crippen molar-refractivity contribution in [1.29, 1.82) is 0 Å². The maximum absolute atomic E-state index is 10.7. The highest BCUT2D eigenvalue weighted by atomic mass is 16.4. The SMILES string of the molecule is N[C@H](CN1CCC(c2ccccc2)CC1)C(=O)O. The molecule has 4 nitrogen and oxygen atoms in total. The second-order valence-corrected chi connectivity index (χ2v) is 4.93. The smallest absolute Gasteiger partial charge is 0.321 e. The average molecular weight is 248 g/mol. The maximum atomic E-state index is 10.7. The van der Waals surface area contributed by atoms with Crippen LogP contribution in [0.5, 0.6) is 0 Å². The lowest BCUT2D eigenvalue weighted by Crippen LogP contribution is -2.45. The van der Waals surface area contributed by atoms with Crippen LogP contribution < -0.4 is 5.73 Å². The number of carbonyl (C=O) groups is 1. The zero-order chi connectivity index (χ0) is 13.0. The van der Waals surface area contributed by atoms with E-state index >= 15 is 0 Å². The number of piperidine rings is 1. The van der Waals surface area contributed by atoms with E-state index in [1.165, 1.54) is 5.56 Å². The molecule has 0 aromatic heterocycles. The summed E-state index contributed by atoms with van der Waals surface area (Å²) in [6.45, 7) is 2.32.